The molecule has 146 valence electrons. The normalized spacial score (nSPS) is 24.3. The summed E-state index contributed by atoms with van der Waals surface area (Å²) in [6.45, 7) is 2.15. The number of rotatable bonds is 4. The Morgan fingerprint density at radius 2 is 1.96 bits per heavy atom. The molecule has 1 aromatic heterocycles. The van der Waals surface area contributed by atoms with Crippen LogP contribution in [-0.2, 0) is 9.59 Å². The van der Waals surface area contributed by atoms with Crippen molar-refractivity contribution < 1.29 is 14.7 Å². The van der Waals surface area contributed by atoms with Gasteiger partial charge in [-0.25, -0.2) is 9.78 Å². The molecule has 3 fully saturated rings. The van der Waals surface area contributed by atoms with Gasteiger partial charge in [0.05, 0.1) is 0 Å². The number of carboxylic acids is 1. The van der Waals surface area contributed by atoms with E-state index in [-0.39, 0.29) is 17.2 Å². The summed E-state index contributed by atoms with van der Waals surface area (Å²) < 4.78 is 0. The second kappa shape index (κ2) is 6.65. The van der Waals surface area contributed by atoms with Gasteiger partial charge in [-0.05, 0) is 43.6 Å². The van der Waals surface area contributed by atoms with E-state index < -0.39 is 12.0 Å². The van der Waals surface area contributed by atoms with E-state index in [2.05, 4.69) is 14.9 Å². The molecule has 1 aromatic rings. The number of carbonyl (C=O) groups excluding carboxylic acids is 1. The largest absolute Gasteiger partial charge is 0.480 e. The summed E-state index contributed by atoms with van der Waals surface area (Å²) in [7, 11) is 3.90. The Morgan fingerprint density at radius 3 is 2.56 bits per heavy atom. The Morgan fingerprint density at radius 1 is 1.26 bits per heavy atom. The van der Waals surface area contributed by atoms with Crippen molar-refractivity contribution >= 4 is 23.6 Å². The molecular formula is C19H27N5O3. The minimum atomic E-state index is -0.870. The van der Waals surface area contributed by atoms with E-state index in [1.807, 2.05) is 25.1 Å². The summed E-state index contributed by atoms with van der Waals surface area (Å²) in [6.07, 6.45) is 5.87. The Balaban J connectivity index is 1.45. The van der Waals surface area contributed by atoms with E-state index in [4.69, 9.17) is 0 Å². The topological polar surface area (TPSA) is 89.9 Å². The van der Waals surface area contributed by atoms with Crippen LogP contribution in [0, 0.1) is 11.3 Å². The van der Waals surface area contributed by atoms with Crippen molar-refractivity contribution in [1.29, 1.82) is 0 Å². The number of piperidine rings is 1. The van der Waals surface area contributed by atoms with Gasteiger partial charge in [0.1, 0.15) is 11.9 Å². The first-order valence-corrected chi connectivity index (χ1v) is 9.67. The monoisotopic (exact) mass is 373 g/mol. The number of carbonyl (C=O) groups is 2. The van der Waals surface area contributed by atoms with Gasteiger partial charge in [-0.2, -0.15) is 4.98 Å². The van der Waals surface area contributed by atoms with Crippen LogP contribution in [0.3, 0.4) is 0 Å². The second-order valence-corrected chi connectivity index (χ2v) is 8.39. The van der Waals surface area contributed by atoms with Crippen LogP contribution in [0.2, 0.25) is 0 Å². The molecule has 0 unspecified atom stereocenters. The number of amides is 1. The Labute approximate surface area is 159 Å². The molecule has 0 bridgehead atoms. The van der Waals surface area contributed by atoms with E-state index in [0.29, 0.717) is 13.0 Å². The van der Waals surface area contributed by atoms with E-state index in [1.54, 1.807) is 11.1 Å². The maximum atomic E-state index is 12.6. The minimum absolute atomic E-state index is 0.0451. The average Bonchev–Trinajstić information content (AvgIpc) is 3.44. The fourth-order valence-electron chi connectivity index (χ4n) is 4.36. The quantitative estimate of drug-likeness (QED) is 0.849. The van der Waals surface area contributed by atoms with E-state index >= 15 is 0 Å². The number of likely N-dealkylation sites (tertiary alicyclic amines) is 1. The highest BCUT2D eigenvalue weighted by atomic mass is 16.4. The molecule has 2 aliphatic heterocycles. The van der Waals surface area contributed by atoms with Crippen molar-refractivity contribution in [2.75, 3.05) is 43.5 Å². The van der Waals surface area contributed by atoms with Crippen LogP contribution in [-0.4, -0.2) is 71.6 Å². The molecule has 1 aliphatic carbocycles. The van der Waals surface area contributed by atoms with Crippen molar-refractivity contribution in [3.05, 3.63) is 12.3 Å². The molecule has 2 saturated heterocycles. The number of nitrogens with zero attached hydrogens (tertiary/aromatic N) is 5. The first kappa shape index (κ1) is 18.0. The van der Waals surface area contributed by atoms with Gasteiger partial charge in [0.25, 0.3) is 0 Å². The van der Waals surface area contributed by atoms with Gasteiger partial charge >= 0.3 is 5.97 Å². The third-order valence-electron chi connectivity index (χ3n) is 6.20. The van der Waals surface area contributed by atoms with Crippen LogP contribution >= 0.6 is 0 Å². The summed E-state index contributed by atoms with van der Waals surface area (Å²) in [6, 6.07) is 1.21. The molecule has 1 N–H and O–H groups in total. The highest BCUT2D eigenvalue weighted by molar-refractivity contribution is 5.87. The van der Waals surface area contributed by atoms with E-state index in [0.717, 1.165) is 50.5 Å². The predicted molar refractivity (Wildman–Crippen MR) is 101 cm³/mol. The van der Waals surface area contributed by atoms with Gasteiger partial charge in [0.15, 0.2) is 0 Å². The fraction of sp³-hybridized carbons (Fsp3) is 0.684. The van der Waals surface area contributed by atoms with Gasteiger partial charge in [0, 0.05) is 45.8 Å². The molecule has 1 saturated carbocycles. The lowest BCUT2D eigenvalue weighted by atomic mass is 9.76. The number of hydrogen-bond acceptors (Lipinski definition) is 6. The fourth-order valence-corrected chi connectivity index (χ4v) is 4.36. The SMILES string of the molecule is CN(C)c1ccnc(N2CCC3(CC2)C[C@H](C(=O)O)N(C(=O)C2CC2)C3)n1. The molecule has 1 amide bonds. The molecule has 1 spiro atoms. The molecule has 8 nitrogen and oxygen atoms in total. The highest BCUT2D eigenvalue weighted by Gasteiger charge is 2.51. The second-order valence-electron chi connectivity index (χ2n) is 8.39. The molecule has 0 radical (unpaired) electrons. The summed E-state index contributed by atoms with van der Waals surface area (Å²) >= 11 is 0. The summed E-state index contributed by atoms with van der Waals surface area (Å²) in [4.78, 5) is 39.1. The van der Waals surface area contributed by atoms with Crippen LogP contribution in [0.15, 0.2) is 12.3 Å². The number of aromatic nitrogens is 2. The average molecular weight is 373 g/mol. The van der Waals surface area contributed by atoms with Gasteiger partial charge in [0.2, 0.25) is 11.9 Å². The number of hydrogen-bond donors (Lipinski definition) is 1. The van der Waals surface area contributed by atoms with Crippen molar-refractivity contribution in [3.8, 4) is 0 Å². The predicted octanol–water partition coefficient (Wildman–Crippen LogP) is 1.22. The van der Waals surface area contributed by atoms with E-state index in [9.17, 15) is 14.7 Å². The highest BCUT2D eigenvalue weighted by Crippen LogP contribution is 2.45. The van der Waals surface area contributed by atoms with Crippen molar-refractivity contribution in [3.63, 3.8) is 0 Å². The maximum Gasteiger partial charge on any atom is 0.326 e. The lowest BCUT2D eigenvalue weighted by molar-refractivity contribution is -0.148. The third-order valence-corrected chi connectivity index (χ3v) is 6.20. The zero-order chi connectivity index (χ0) is 19.2. The summed E-state index contributed by atoms with van der Waals surface area (Å²) in [5, 5.41) is 9.63. The Hall–Kier alpha value is -2.38. The van der Waals surface area contributed by atoms with Gasteiger partial charge < -0.3 is 19.8 Å². The Kier molecular flexibility index (Phi) is 4.44. The van der Waals surface area contributed by atoms with Crippen LogP contribution in [0.25, 0.3) is 0 Å². The first-order chi connectivity index (χ1) is 12.9. The molecular weight excluding hydrogens is 346 g/mol. The summed E-state index contributed by atoms with van der Waals surface area (Å²) in [5.41, 5.74) is -0.0940. The lowest BCUT2D eigenvalue weighted by Crippen LogP contribution is -2.44. The lowest BCUT2D eigenvalue weighted by Gasteiger charge is -2.39. The Bertz CT molecular complexity index is 741. The van der Waals surface area contributed by atoms with Crippen LogP contribution in [0.4, 0.5) is 11.8 Å². The number of carboxylic acid groups (broad SMARTS) is 1. The molecule has 3 aliphatic rings. The standard InChI is InChI=1S/C19H27N5O3/c1-22(2)15-5-8-20-18(21-15)23-9-6-19(7-10-23)11-14(17(26)27)24(12-19)16(25)13-3-4-13/h5,8,13-14H,3-4,6-7,9-12H2,1-2H3,(H,26,27)/t14-/m1/s1. The summed E-state index contributed by atoms with van der Waals surface area (Å²) in [5.74, 6) is 0.821. The molecule has 27 heavy (non-hydrogen) atoms. The van der Waals surface area contributed by atoms with Crippen molar-refractivity contribution in [2.45, 2.75) is 38.1 Å². The molecule has 3 heterocycles. The van der Waals surface area contributed by atoms with Gasteiger partial charge in [-0.1, -0.05) is 0 Å². The van der Waals surface area contributed by atoms with Crippen LogP contribution in [0.1, 0.15) is 32.1 Å². The number of anilines is 2. The first-order valence-electron chi connectivity index (χ1n) is 9.67. The molecule has 0 aromatic carbocycles. The zero-order valence-electron chi connectivity index (χ0n) is 16.0. The van der Waals surface area contributed by atoms with Gasteiger partial charge in [-0.3, -0.25) is 4.79 Å². The minimum Gasteiger partial charge on any atom is -0.480 e. The maximum absolute atomic E-state index is 12.6. The van der Waals surface area contributed by atoms with Gasteiger partial charge in [-0.15, -0.1) is 0 Å². The van der Waals surface area contributed by atoms with Crippen molar-refractivity contribution in [1.82, 2.24) is 14.9 Å². The third kappa shape index (κ3) is 3.44. The van der Waals surface area contributed by atoms with E-state index in [1.165, 1.54) is 0 Å². The zero-order valence-corrected chi connectivity index (χ0v) is 16.0. The van der Waals surface area contributed by atoms with Crippen LogP contribution < -0.4 is 9.80 Å². The molecule has 4 rings (SSSR count). The van der Waals surface area contributed by atoms with Crippen LogP contribution in [0.5, 0.6) is 0 Å². The smallest absolute Gasteiger partial charge is 0.326 e. The molecule has 8 heteroatoms. The number of aliphatic carboxylic acids is 1. The van der Waals surface area contributed by atoms with Crippen molar-refractivity contribution in [2.24, 2.45) is 11.3 Å². The molecule has 1 atom stereocenters.